The Bertz CT molecular complexity index is 1370. The number of benzene rings is 3. The first-order chi connectivity index (χ1) is 15.8. The highest BCUT2D eigenvalue weighted by Crippen LogP contribution is 2.43. The number of non-ortho nitro benzene ring substituents is 1. The second-order valence-electron chi connectivity index (χ2n) is 6.99. The van der Waals surface area contributed by atoms with Crippen LogP contribution in [0.1, 0.15) is 27.4 Å². The Balaban J connectivity index is 1.68. The number of carbonyl (C=O) groups is 1. The van der Waals surface area contributed by atoms with Crippen LogP contribution in [0.5, 0.6) is 11.5 Å². The molecular formula is C23H13BrClN3O5. The molecule has 3 aromatic carbocycles. The minimum atomic E-state index is -0.870. The van der Waals surface area contributed by atoms with Gasteiger partial charge in [0.2, 0.25) is 5.88 Å². The van der Waals surface area contributed by atoms with E-state index in [2.05, 4.69) is 22.0 Å². The van der Waals surface area contributed by atoms with Gasteiger partial charge in [0, 0.05) is 28.2 Å². The normalized spacial score (nSPS) is 14.6. The molecule has 8 nitrogen and oxygen atoms in total. The molecule has 164 valence electrons. The molecule has 0 spiro atoms. The highest BCUT2D eigenvalue weighted by Gasteiger charge is 2.31. The Morgan fingerprint density at radius 3 is 2.58 bits per heavy atom. The fraction of sp³-hybridized carbons (Fsp3) is 0.0435. The molecule has 1 aliphatic heterocycles. The predicted octanol–water partition coefficient (Wildman–Crippen LogP) is 5.45. The number of nitrogens with two attached hydrogens (primary N) is 1. The number of fused-ring (bicyclic) bond motifs is 1. The monoisotopic (exact) mass is 525 g/mol. The van der Waals surface area contributed by atoms with Gasteiger partial charge < -0.3 is 15.2 Å². The van der Waals surface area contributed by atoms with Crippen molar-refractivity contribution >= 4 is 39.2 Å². The van der Waals surface area contributed by atoms with Crippen LogP contribution in [0.15, 0.2) is 76.6 Å². The van der Waals surface area contributed by atoms with Crippen molar-refractivity contribution in [3.05, 3.63) is 108 Å². The van der Waals surface area contributed by atoms with Crippen LogP contribution in [-0.2, 0) is 0 Å². The van der Waals surface area contributed by atoms with Gasteiger partial charge in [0.15, 0.2) is 0 Å². The van der Waals surface area contributed by atoms with Gasteiger partial charge in [0.1, 0.15) is 23.1 Å². The van der Waals surface area contributed by atoms with Crippen LogP contribution in [0.25, 0.3) is 0 Å². The zero-order valence-corrected chi connectivity index (χ0v) is 19.0. The Labute approximate surface area is 201 Å². The Kier molecular flexibility index (Phi) is 6.05. The summed E-state index contributed by atoms with van der Waals surface area (Å²) >= 11 is 9.41. The van der Waals surface area contributed by atoms with E-state index in [1.165, 1.54) is 24.3 Å². The molecular weight excluding hydrogens is 514 g/mol. The second kappa shape index (κ2) is 8.94. The zero-order chi connectivity index (χ0) is 23.7. The quantitative estimate of drug-likeness (QED) is 0.207. The van der Waals surface area contributed by atoms with E-state index in [4.69, 9.17) is 26.8 Å². The maximum absolute atomic E-state index is 12.6. The largest absolute Gasteiger partial charge is 0.440 e. The molecule has 0 saturated carbocycles. The third-order valence-corrected chi connectivity index (χ3v) is 5.84. The van der Waals surface area contributed by atoms with Gasteiger partial charge in [-0.25, -0.2) is 4.79 Å². The number of hydrogen-bond donors (Lipinski definition) is 1. The maximum Gasteiger partial charge on any atom is 0.345 e. The third kappa shape index (κ3) is 4.39. The number of allylic oxidation sites excluding steroid dienone is 1. The highest BCUT2D eigenvalue weighted by molar-refractivity contribution is 9.10. The minimum Gasteiger partial charge on any atom is -0.440 e. The number of rotatable bonds is 4. The highest BCUT2D eigenvalue weighted by atomic mass is 79.9. The molecule has 1 aliphatic rings. The molecule has 0 aliphatic carbocycles. The average Bonchev–Trinajstić information content (AvgIpc) is 2.78. The first kappa shape index (κ1) is 22.3. The van der Waals surface area contributed by atoms with Crippen molar-refractivity contribution < 1.29 is 19.2 Å². The van der Waals surface area contributed by atoms with Crippen LogP contribution in [0.2, 0.25) is 5.02 Å². The van der Waals surface area contributed by atoms with Crippen molar-refractivity contribution in [2.24, 2.45) is 5.73 Å². The number of nitrogens with zero attached hydrogens (tertiary/aromatic N) is 2. The first-order valence-corrected chi connectivity index (χ1v) is 10.6. The number of nitro groups is 1. The van der Waals surface area contributed by atoms with Crippen molar-refractivity contribution in [3.8, 4) is 17.6 Å². The van der Waals surface area contributed by atoms with Gasteiger partial charge in [-0.05, 0) is 29.8 Å². The van der Waals surface area contributed by atoms with Gasteiger partial charge in [-0.1, -0.05) is 45.7 Å². The topological polar surface area (TPSA) is 128 Å². The Morgan fingerprint density at radius 1 is 1.18 bits per heavy atom. The molecule has 3 aromatic rings. The molecule has 0 aromatic heterocycles. The summed E-state index contributed by atoms with van der Waals surface area (Å²) in [6, 6.07) is 17.7. The lowest BCUT2D eigenvalue weighted by molar-refractivity contribution is -0.384. The first-order valence-electron chi connectivity index (χ1n) is 9.41. The molecule has 33 heavy (non-hydrogen) atoms. The van der Waals surface area contributed by atoms with E-state index in [0.717, 1.165) is 16.1 Å². The molecule has 0 bridgehead atoms. The van der Waals surface area contributed by atoms with E-state index in [1.54, 1.807) is 6.07 Å². The van der Waals surface area contributed by atoms with Crippen molar-refractivity contribution in [1.82, 2.24) is 0 Å². The van der Waals surface area contributed by atoms with E-state index >= 15 is 0 Å². The Hall–Kier alpha value is -3.87. The summed E-state index contributed by atoms with van der Waals surface area (Å²) in [5.74, 6) is -0.963. The van der Waals surface area contributed by atoms with Crippen LogP contribution >= 0.6 is 27.5 Å². The summed E-state index contributed by atoms with van der Waals surface area (Å²) < 4.78 is 11.9. The molecule has 0 fully saturated rings. The fourth-order valence-electron chi connectivity index (χ4n) is 3.44. The molecule has 1 atom stereocenters. The van der Waals surface area contributed by atoms with Crippen molar-refractivity contribution in [2.75, 3.05) is 0 Å². The van der Waals surface area contributed by atoms with E-state index in [9.17, 15) is 20.2 Å². The summed E-state index contributed by atoms with van der Waals surface area (Å²) in [5, 5.41) is 20.7. The fourth-order valence-corrected chi connectivity index (χ4v) is 3.90. The maximum atomic E-state index is 12.6. The lowest BCUT2D eigenvalue weighted by atomic mass is 9.83. The SMILES string of the molecule is N#CC1=C(N)Oc2cc(OC(=O)c3cc([N+](=O)[O-])ccc3Cl)ccc2C1c1ccc(Br)cc1. The number of nitriles is 1. The molecule has 0 saturated heterocycles. The van der Waals surface area contributed by atoms with Crippen LogP contribution in [0, 0.1) is 21.4 Å². The molecule has 2 N–H and O–H groups in total. The summed E-state index contributed by atoms with van der Waals surface area (Å²) in [6.07, 6.45) is 0. The average molecular weight is 527 g/mol. The molecule has 0 amide bonds. The summed E-state index contributed by atoms with van der Waals surface area (Å²) in [7, 11) is 0. The summed E-state index contributed by atoms with van der Waals surface area (Å²) in [5.41, 5.74) is 7.32. The van der Waals surface area contributed by atoms with Crippen LogP contribution < -0.4 is 15.2 Å². The molecule has 1 heterocycles. The van der Waals surface area contributed by atoms with E-state index in [-0.39, 0.29) is 33.5 Å². The number of esters is 1. The van der Waals surface area contributed by atoms with E-state index in [0.29, 0.717) is 11.3 Å². The number of nitro benzene ring substituents is 1. The van der Waals surface area contributed by atoms with Crippen molar-refractivity contribution in [3.63, 3.8) is 0 Å². The van der Waals surface area contributed by atoms with Crippen molar-refractivity contribution in [1.29, 1.82) is 5.26 Å². The standard InChI is InChI=1S/C23H13BrClN3O5/c24-13-3-1-12(2-4-13)21-16-7-6-15(10-20(16)33-22(27)18(21)11-26)32-23(29)17-9-14(28(30)31)5-8-19(17)25/h1-10,21H,27H2. The minimum absolute atomic E-state index is 0.0148. The molecule has 10 heteroatoms. The van der Waals surface area contributed by atoms with E-state index < -0.39 is 16.8 Å². The number of halogens is 2. The zero-order valence-electron chi connectivity index (χ0n) is 16.6. The summed E-state index contributed by atoms with van der Waals surface area (Å²) in [6.45, 7) is 0. The summed E-state index contributed by atoms with van der Waals surface area (Å²) in [4.78, 5) is 23.0. The van der Waals surface area contributed by atoms with Crippen LogP contribution in [0.4, 0.5) is 5.69 Å². The lowest BCUT2D eigenvalue weighted by Gasteiger charge is -2.26. The second-order valence-corrected chi connectivity index (χ2v) is 8.31. The van der Waals surface area contributed by atoms with Crippen LogP contribution in [0.3, 0.4) is 0 Å². The van der Waals surface area contributed by atoms with Crippen LogP contribution in [-0.4, -0.2) is 10.9 Å². The number of carbonyl (C=O) groups excluding carboxylic acids is 1. The number of hydrogen-bond acceptors (Lipinski definition) is 7. The Morgan fingerprint density at radius 2 is 1.91 bits per heavy atom. The van der Waals surface area contributed by atoms with E-state index in [1.807, 2.05) is 24.3 Å². The third-order valence-electron chi connectivity index (χ3n) is 4.99. The molecule has 4 rings (SSSR count). The molecule has 1 unspecified atom stereocenters. The number of ether oxygens (including phenoxy) is 2. The van der Waals surface area contributed by atoms with Crippen molar-refractivity contribution in [2.45, 2.75) is 5.92 Å². The van der Waals surface area contributed by atoms with Gasteiger partial charge in [0.05, 0.1) is 21.4 Å². The van der Waals surface area contributed by atoms with Gasteiger partial charge in [-0.3, -0.25) is 10.1 Å². The smallest absolute Gasteiger partial charge is 0.345 e. The van der Waals surface area contributed by atoms with Gasteiger partial charge in [0.25, 0.3) is 5.69 Å². The van der Waals surface area contributed by atoms with Gasteiger partial charge in [-0.2, -0.15) is 5.26 Å². The van der Waals surface area contributed by atoms with Gasteiger partial charge in [-0.15, -0.1) is 0 Å². The molecule has 0 radical (unpaired) electrons. The lowest BCUT2D eigenvalue weighted by Crippen LogP contribution is -2.21. The predicted molar refractivity (Wildman–Crippen MR) is 123 cm³/mol. The van der Waals surface area contributed by atoms with Gasteiger partial charge >= 0.3 is 5.97 Å².